The summed E-state index contributed by atoms with van der Waals surface area (Å²) in [6, 6.07) is 12.5. The topological polar surface area (TPSA) is 117 Å². The van der Waals surface area contributed by atoms with Crippen LogP contribution in [0.5, 0.6) is 11.5 Å². The molecule has 3 aromatic carbocycles. The molecule has 0 aliphatic rings. The lowest BCUT2D eigenvalue weighted by molar-refractivity contribution is -0.112. The third-order valence-electron chi connectivity index (χ3n) is 5.49. The molecule has 3 aromatic rings. The summed E-state index contributed by atoms with van der Waals surface area (Å²) in [5.74, 6) is -1.02. The molecule has 0 saturated heterocycles. The number of amides is 2. The van der Waals surface area contributed by atoms with Crippen molar-refractivity contribution in [2.45, 2.75) is 13.8 Å². The van der Waals surface area contributed by atoms with Crippen molar-refractivity contribution in [1.29, 1.82) is 0 Å². The number of hydrogen-bond donors (Lipinski definition) is 4. The van der Waals surface area contributed by atoms with E-state index >= 15 is 0 Å². The van der Waals surface area contributed by atoms with Crippen LogP contribution in [0.15, 0.2) is 60.7 Å². The highest BCUT2D eigenvalue weighted by molar-refractivity contribution is 6.32. The molecule has 198 valence electrons. The van der Waals surface area contributed by atoms with Crippen LogP contribution in [0, 0.1) is 13.8 Å². The van der Waals surface area contributed by atoms with Crippen molar-refractivity contribution in [3.8, 4) is 11.5 Å². The van der Waals surface area contributed by atoms with Crippen molar-refractivity contribution in [3.63, 3.8) is 0 Å². The standard InChI is InChI=1S/C28H26Cl2N2O6/c1-15-9-21(25(37-3)11-19(15)29)31-27(35)13-23(33)17-5-7-18(8-6-17)24(34)14-28(36)32-22-10-16(2)20(30)12-26(22)38-4/h5-14,33-34H,1-4H3,(H,31,35)(H,32,36). The highest BCUT2D eigenvalue weighted by Gasteiger charge is 2.13. The van der Waals surface area contributed by atoms with Crippen LogP contribution in [-0.4, -0.2) is 36.2 Å². The van der Waals surface area contributed by atoms with E-state index in [-0.39, 0.29) is 11.5 Å². The maximum absolute atomic E-state index is 12.4. The van der Waals surface area contributed by atoms with Crippen LogP contribution < -0.4 is 20.1 Å². The van der Waals surface area contributed by atoms with Crippen LogP contribution in [0.4, 0.5) is 11.4 Å². The number of aliphatic hydroxyl groups is 2. The highest BCUT2D eigenvalue weighted by atomic mass is 35.5. The molecule has 10 heteroatoms. The monoisotopic (exact) mass is 556 g/mol. The summed E-state index contributed by atoms with van der Waals surface area (Å²) in [6.07, 6.45) is 2.03. The lowest BCUT2D eigenvalue weighted by Gasteiger charge is -2.11. The van der Waals surface area contributed by atoms with Gasteiger partial charge in [-0.15, -0.1) is 0 Å². The Kier molecular flexibility index (Phi) is 9.28. The molecule has 0 bridgehead atoms. The van der Waals surface area contributed by atoms with Crippen LogP contribution in [0.2, 0.25) is 10.0 Å². The Balaban J connectivity index is 1.71. The quantitative estimate of drug-likeness (QED) is 0.181. The van der Waals surface area contributed by atoms with Crippen LogP contribution in [-0.2, 0) is 9.59 Å². The fraction of sp³-hybridized carbons (Fsp3) is 0.143. The number of halogens is 2. The van der Waals surface area contributed by atoms with Gasteiger partial charge in [0, 0.05) is 45.5 Å². The summed E-state index contributed by atoms with van der Waals surface area (Å²) in [6.45, 7) is 3.57. The maximum atomic E-state index is 12.4. The molecule has 0 aliphatic heterocycles. The molecule has 8 nitrogen and oxygen atoms in total. The fourth-order valence-corrected chi connectivity index (χ4v) is 3.73. The number of methoxy groups -OCH3 is 2. The second-order valence-corrected chi connectivity index (χ2v) is 9.03. The van der Waals surface area contributed by atoms with E-state index in [1.165, 1.54) is 38.5 Å². The minimum atomic E-state index is -0.584. The van der Waals surface area contributed by atoms with Gasteiger partial charge in [0.1, 0.15) is 23.0 Å². The zero-order valence-corrected chi connectivity index (χ0v) is 22.6. The lowest BCUT2D eigenvalue weighted by atomic mass is 10.1. The van der Waals surface area contributed by atoms with E-state index in [4.69, 9.17) is 32.7 Å². The summed E-state index contributed by atoms with van der Waals surface area (Å²) >= 11 is 12.2. The minimum Gasteiger partial charge on any atom is -0.507 e. The van der Waals surface area contributed by atoms with E-state index in [2.05, 4.69) is 10.6 Å². The number of benzene rings is 3. The fourth-order valence-electron chi connectivity index (χ4n) is 3.42. The Hall–Kier alpha value is -4.14. The molecule has 2 amide bonds. The van der Waals surface area contributed by atoms with E-state index in [0.29, 0.717) is 44.0 Å². The molecule has 0 unspecified atom stereocenters. The number of anilines is 2. The summed E-state index contributed by atoms with van der Waals surface area (Å²) in [5.41, 5.74) is 2.94. The molecule has 0 spiro atoms. The number of aliphatic hydroxyl groups excluding tert-OH is 2. The molecule has 0 heterocycles. The predicted molar refractivity (Wildman–Crippen MR) is 150 cm³/mol. The normalized spacial score (nSPS) is 11.6. The Morgan fingerprint density at radius 3 is 1.37 bits per heavy atom. The number of rotatable bonds is 8. The highest BCUT2D eigenvalue weighted by Crippen LogP contribution is 2.32. The third-order valence-corrected chi connectivity index (χ3v) is 6.30. The summed E-state index contributed by atoms with van der Waals surface area (Å²) in [5, 5.41) is 27.1. The van der Waals surface area contributed by atoms with Gasteiger partial charge in [0.05, 0.1) is 25.6 Å². The molecular formula is C28H26Cl2N2O6. The smallest absolute Gasteiger partial charge is 0.252 e. The zero-order chi connectivity index (χ0) is 28.0. The molecule has 0 atom stereocenters. The van der Waals surface area contributed by atoms with Crippen molar-refractivity contribution >= 4 is 57.9 Å². The van der Waals surface area contributed by atoms with Gasteiger partial charge in [0.2, 0.25) is 0 Å². The van der Waals surface area contributed by atoms with Crippen molar-refractivity contribution < 1.29 is 29.3 Å². The van der Waals surface area contributed by atoms with Crippen LogP contribution >= 0.6 is 23.2 Å². The van der Waals surface area contributed by atoms with E-state index in [9.17, 15) is 19.8 Å². The Bertz CT molecular complexity index is 1320. The van der Waals surface area contributed by atoms with E-state index in [1.807, 2.05) is 0 Å². The summed E-state index contributed by atoms with van der Waals surface area (Å²) in [4.78, 5) is 24.9. The Morgan fingerprint density at radius 2 is 1.05 bits per heavy atom. The van der Waals surface area contributed by atoms with Gasteiger partial charge in [-0.25, -0.2) is 0 Å². The molecule has 0 radical (unpaired) electrons. The number of carbonyl (C=O) groups is 2. The summed E-state index contributed by atoms with van der Waals surface area (Å²) < 4.78 is 10.5. The Labute approximate surface area is 230 Å². The third kappa shape index (κ3) is 7.00. The van der Waals surface area contributed by atoms with Gasteiger partial charge in [-0.05, 0) is 37.1 Å². The first-order chi connectivity index (χ1) is 18.0. The molecule has 0 aromatic heterocycles. The molecule has 4 N–H and O–H groups in total. The summed E-state index contributed by atoms with van der Waals surface area (Å²) in [7, 11) is 2.91. The largest absolute Gasteiger partial charge is 0.507 e. The number of ether oxygens (including phenoxy) is 2. The average Bonchev–Trinajstić information content (AvgIpc) is 2.87. The molecule has 0 saturated carbocycles. The van der Waals surface area contributed by atoms with Gasteiger partial charge in [-0.3, -0.25) is 9.59 Å². The van der Waals surface area contributed by atoms with Crippen LogP contribution in [0.3, 0.4) is 0 Å². The van der Waals surface area contributed by atoms with Gasteiger partial charge in [-0.2, -0.15) is 0 Å². The van der Waals surface area contributed by atoms with Gasteiger partial charge in [0.25, 0.3) is 11.8 Å². The first-order valence-electron chi connectivity index (χ1n) is 11.2. The van der Waals surface area contributed by atoms with Gasteiger partial charge in [0.15, 0.2) is 0 Å². The zero-order valence-electron chi connectivity index (χ0n) is 21.1. The minimum absolute atomic E-state index is 0.301. The molecule has 38 heavy (non-hydrogen) atoms. The van der Waals surface area contributed by atoms with Crippen molar-refractivity contribution in [2.24, 2.45) is 0 Å². The van der Waals surface area contributed by atoms with E-state index < -0.39 is 11.8 Å². The Morgan fingerprint density at radius 1 is 0.711 bits per heavy atom. The average molecular weight is 557 g/mol. The van der Waals surface area contributed by atoms with Gasteiger partial charge >= 0.3 is 0 Å². The van der Waals surface area contributed by atoms with Crippen molar-refractivity contribution in [1.82, 2.24) is 0 Å². The van der Waals surface area contributed by atoms with E-state index in [0.717, 1.165) is 23.3 Å². The first-order valence-corrected chi connectivity index (χ1v) is 12.0. The van der Waals surface area contributed by atoms with E-state index in [1.54, 1.807) is 38.1 Å². The molecular weight excluding hydrogens is 531 g/mol. The van der Waals surface area contributed by atoms with Crippen molar-refractivity contribution in [2.75, 3.05) is 24.9 Å². The van der Waals surface area contributed by atoms with Crippen LogP contribution in [0.25, 0.3) is 11.5 Å². The van der Waals surface area contributed by atoms with Gasteiger partial charge in [-0.1, -0.05) is 47.5 Å². The molecule has 3 rings (SSSR count). The van der Waals surface area contributed by atoms with Gasteiger partial charge < -0.3 is 30.3 Å². The van der Waals surface area contributed by atoms with Crippen LogP contribution in [0.1, 0.15) is 22.3 Å². The molecule has 0 aliphatic carbocycles. The second kappa shape index (κ2) is 12.4. The van der Waals surface area contributed by atoms with Crippen molar-refractivity contribution in [3.05, 3.63) is 93.0 Å². The lowest BCUT2D eigenvalue weighted by Crippen LogP contribution is -2.10. The number of hydrogen-bond acceptors (Lipinski definition) is 6. The first kappa shape index (κ1) is 28.4. The maximum Gasteiger partial charge on any atom is 0.252 e. The number of nitrogens with one attached hydrogen (secondary N) is 2. The number of aryl methyl sites for hydroxylation is 2. The second-order valence-electron chi connectivity index (χ2n) is 8.22. The SMILES string of the molecule is COc1cc(Cl)c(C)cc1NC(=O)C=C(O)c1ccc(C(O)=CC(=O)Nc2cc(C)c(Cl)cc2OC)cc1. The number of carbonyl (C=O) groups excluding carboxylic acids is 2. The molecule has 0 fully saturated rings. The predicted octanol–water partition coefficient (Wildman–Crippen LogP) is 6.70.